The van der Waals surface area contributed by atoms with Gasteiger partial charge in [-0.1, -0.05) is 24.3 Å². The fourth-order valence-corrected chi connectivity index (χ4v) is 3.58. The molecule has 1 aliphatic rings. The van der Waals surface area contributed by atoms with Crippen molar-refractivity contribution in [3.05, 3.63) is 53.3 Å². The molecule has 1 aliphatic heterocycles. The quantitative estimate of drug-likeness (QED) is 0.674. The van der Waals surface area contributed by atoms with E-state index in [1.54, 1.807) is 13.1 Å². The predicted molar refractivity (Wildman–Crippen MR) is 102 cm³/mol. The second kappa shape index (κ2) is 8.62. The maximum atomic E-state index is 12.0. The standard InChI is InChI=1S/C20H25N3O4/c1-2-27-19(24)18-17(9-10-21-18)22-12-14-6-3-4-8-16(14)15-7-5-11-23(13-15)20(25)26/h3-4,6,8-10,15,21-22H,2,5,7,11-13H2,1H3,(H,25,26). The lowest BCUT2D eigenvalue weighted by Gasteiger charge is -2.32. The van der Waals surface area contributed by atoms with Gasteiger partial charge in [0.1, 0.15) is 5.69 Å². The van der Waals surface area contributed by atoms with E-state index in [4.69, 9.17) is 4.74 Å². The first-order chi connectivity index (χ1) is 13.1. The highest BCUT2D eigenvalue weighted by molar-refractivity contribution is 5.93. The molecule has 27 heavy (non-hydrogen) atoms. The van der Waals surface area contributed by atoms with Gasteiger partial charge in [0.2, 0.25) is 0 Å². The van der Waals surface area contributed by atoms with Gasteiger partial charge < -0.3 is 25.0 Å². The number of hydrogen-bond donors (Lipinski definition) is 3. The van der Waals surface area contributed by atoms with E-state index < -0.39 is 6.09 Å². The summed E-state index contributed by atoms with van der Waals surface area (Å²) in [6.45, 7) is 3.75. The molecule has 0 aliphatic carbocycles. The summed E-state index contributed by atoms with van der Waals surface area (Å²) < 4.78 is 5.06. The number of aromatic nitrogens is 1. The first-order valence-corrected chi connectivity index (χ1v) is 9.24. The third kappa shape index (κ3) is 4.42. The van der Waals surface area contributed by atoms with Crippen LogP contribution in [-0.4, -0.2) is 46.7 Å². The number of amides is 1. The van der Waals surface area contributed by atoms with E-state index in [9.17, 15) is 14.7 Å². The van der Waals surface area contributed by atoms with Gasteiger partial charge in [0.25, 0.3) is 0 Å². The molecule has 1 unspecified atom stereocenters. The summed E-state index contributed by atoms with van der Waals surface area (Å²) >= 11 is 0. The van der Waals surface area contributed by atoms with Crippen LogP contribution in [0.15, 0.2) is 36.5 Å². The summed E-state index contributed by atoms with van der Waals surface area (Å²) in [5, 5.41) is 12.6. The normalized spacial score (nSPS) is 16.8. The third-order valence-corrected chi connectivity index (χ3v) is 4.88. The molecule has 0 spiro atoms. The third-order valence-electron chi connectivity index (χ3n) is 4.88. The molecule has 0 radical (unpaired) electrons. The molecule has 2 heterocycles. The first-order valence-electron chi connectivity index (χ1n) is 9.24. The molecule has 1 aromatic carbocycles. The van der Waals surface area contributed by atoms with E-state index in [2.05, 4.69) is 16.4 Å². The molecule has 144 valence electrons. The van der Waals surface area contributed by atoms with Crippen molar-refractivity contribution >= 4 is 17.7 Å². The highest BCUT2D eigenvalue weighted by Gasteiger charge is 2.25. The number of piperidine rings is 1. The molecule has 1 fully saturated rings. The molecular formula is C20H25N3O4. The van der Waals surface area contributed by atoms with Gasteiger partial charge in [-0.2, -0.15) is 0 Å². The second-order valence-electron chi connectivity index (χ2n) is 6.61. The summed E-state index contributed by atoms with van der Waals surface area (Å²) in [7, 11) is 0. The van der Waals surface area contributed by atoms with Crippen LogP contribution in [0, 0.1) is 0 Å². The number of hydrogen-bond acceptors (Lipinski definition) is 4. The van der Waals surface area contributed by atoms with Crippen molar-refractivity contribution < 1.29 is 19.4 Å². The Bertz CT molecular complexity index is 802. The van der Waals surface area contributed by atoms with Crippen LogP contribution in [0.5, 0.6) is 0 Å². The number of esters is 1. The molecule has 1 atom stereocenters. The molecule has 1 saturated heterocycles. The number of H-pyrrole nitrogens is 1. The molecule has 1 aromatic heterocycles. The Morgan fingerprint density at radius 3 is 2.93 bits per heavy atom. The fourth-order valence-electron chi connectivity index (χ4n) is 3.58. The van der Waals surface area contributed by atoms with E-state index >= 15 is 0 Å². The number of nitrogens with zero attached hydrogens (tertiary/aromatic N) is 1. The van der Waals surface area contributed by atoms with E-state index in [1.807, 2.05) is 24.3 Å². The van der Waals surface area contributed by atoms with Crippen molar-refractivity contribution in [3.8, 4) is 0 Å². The molecule has 0 bridgehead atoms. The van der Waals surface area contributed by atoms with Gasteiger partial charge >= 0.3 is 12.1 Å². The molecule has 7 heteroatoms. The lowest BCUT2D eigenvalue weighted by atomic mass is 9.87. The summed E-state index contributed by atoms with van der Waals surface area (Å²) in [5.41, 5.74) is 3.36. The minimum Gasteiger partial charge on any atom is -0.465 e. The van der Waals surface area contributed by atoms with Gasteiger partial charge in [-0.25, -0.2) is 9.59 Å². The number of nitrogens with one attached hydrogen (secondary N) is 2. The Kier molecular flexibility index (Phi) is 6.01. The summed E-state index contributed by atoms with van der Waals surface area (Å²) in [6, 6.07) is 9.87. The number of likely N-dealkylation sites (tertiary alicyclic amines) is 1. The van der Waals surface area contributed by atoms with E-state index in [0.717, 1.165) is 24.0 Å². The van der Waals surface area contributed by atoms with E-state index in [0.29, 0.717) is 37.6 Å². The summed E-state index contributed by atoms with van der Waals surface area (Å²) in [5.74, 6) is -0.203. The van der Waals surface area contributed by atoms with Crippen LogP contribution < -0.4 is 5.32 Å². The van der Waals surface area contributed by atoms with Gasteiger partial charge in [-0.15, -0.1) is 0 Å². The number of carboxylic acid groups (broad SMARTS) is 1. The fraction of sp³-hybridized carbons (Fsp3) is 0.400. The van der Waals surface area contributed by atoms with Crippen molar-refractivity contribution in [2.45, 2.75) is 32.2 Å². The van der Waals surface area contributed by atoms with Crippen molar-refractivity contribution in [1.82, 2.24) is 9.88 Å². The Balaban J connectivity index is 1.73. The van der Waals surface area contributed by atoms with Crippen LogP contribution in [0.25, 0.3) is 0 Å². The summed E-state index contributed by atoms with van der Waals surface area (Å²) in [6.07, 6.45) is 2.68. The zero-order valence-corrected chi connectivity index (χ0v) is 15.4. The van der Waals surface area contributed by atoms with E-state index in [-0.39, 0.29) is 11.9 Å². The minimum atomic E-state index is -0.860. The van der Waals surface area contributed by atoms with E-state index in [1.165, 1.54) is 4.90 Å². The van der Waals surface area contributed by atoms with Crippen molar-refractivity contribution in [2.75, 3.05) is 25.0 Å². The molecule has 2 aromatic rings. The first kappa shape index (κ1) is 18.8. The molecule has 0 saturated carbocycles. The largest absolute Gasteiger partial charge is 0.465 e. The topological polar surface area (TPSA) is 94.7 Å². The lowest BCUT2D eigenvalue weighted by Crippen LogP contribution is -2.38. The average molecular weight is 371 g/mol. The summed E-state index contributed by atoms with van der Waals surface area (Å²) in [4.78, 5) is 27.7. The minimum absolute atomic E-state index is 0.184. The number of aromatic amines is 1. The van der Waals surface area contributed by atoms with Crippen molar-refractivity contribution in [1.29, 1.82) is 0 Å². The van der Waals surface area contributed by atoms with Gasteiger partial charge in [-0.3, -0.25) is 0 Å². The maximum absolute atomic E-state index is 12.0. The highest BCUT2D eigenvalue weighted by Crippen LogP contribution is 2.30. The SMILES string of the molecule is CCOC(=O)c1[nH]ccc1NCc1ccccc1C1CCCN(C(=O)O)C1. The molecule has 3 rings (SSSR count). The number of carbonyl (C=O) groups is 2. The lowest BCUT2D eigenvalue weighted by molar-refractivity contribution is 0.0521. The predicted octanol–water partition coefficient (Wildman–Crippen LogP) is 3.66. The Morgan fingerprint density at radius 1 is 1.33 bits per heavy atom. The van der Waals surface area contributed by atoms with Crippen LogP contribution in [0.4, 0.5) is 10.5 Å². The number of carbonyl (C=O) groups excluding carboxylic acids is 1. The monoisotopic (exact) mass is 371 g/mol. The zero-order chi connectivity index (χ0) is 19.2. The average Bonchev–Trinajstić information content (AvgIpc) is 3.15. The Hall–Kier alpha value is -2.96. The van der Waals surface area contributed by atoms with Crippen molar-refractivity contribution in [2.24, 2.45) is 0 Å². The molecule has 3 N–H and O–H groups in total. The number of ether oxygens (including phenoxy) is 1. The molecular weight excluding hydrogens is 346 g/mol. The molecule has 7 nitrogen and oxygen atoms in total. The van der Waals surface area contributed by atoms with Crippen LogP contribution in [-0.2, 0) is 11.3 Å². The van der Waals surface area contributed by atoms with Gasteiger partial charge in [0.15, 0.2) is 0 Å². The van der Waals surface area contributed by atoms with Gasteiger partial charge in [0, 0.05) is 31.7 Å². The van der Waals surface area contributed by atoms with Crippen molar-refractivity contribution in [3.63, 3.8) is 0 Å². The van der Waals surface area contributed by atoms with Crippen LogP contribution in [0.1, 0.15) is 47.3 Å². The number of anilines is 1. The number of benzene rings is 1. The smallest absolute Gasteiger partial charge is 0.407 e. The Morgan fingerprint density at radius 2 is 2.15 bits per heavy atom. The van der Waals surface area contributed by atoms with Gasteiger partial charge in [0.05, 0.1) is 12.3 Å². The molecule has 1 amide bonds. The zero-order valence-electron chi connectivity index (χ0n) is 15.4. The second-order valence-corrected chi connectivity index (χ2v) is 6.61. The van der Waals surface area contributed by atoms with Gasteiger partial charge in [-0.05, 0) is 37.0 Å². The number of rotatable bonds is 6. The van der Waals surface area contributed by atoms with Crippen LogP contribution in [0.3, 0.4) is 0 Å². The Labute approximate surface area is 158 Å². The van der Waals surface area contributed by atoms with Crippen LogP contribution in [0.2, 0.25) is 0 Å². The van der Waals surface area contributed by atoms with Crippen LogP contribution >= 0.6 is 0 Å². The highest BCUT2D eigenvalue weighted by atomic mass is 16.5. The maximum Gasteiger partial charge on any atom is 0.407 e.